The fraction of sp³-hybridized carbons (Fsp3) is 0.308. The Morgan fingerprint density at radius 2 is 1.31 bits per heavy atom. The quantitative estimate of drug-likeness (QED) is 0.458. The normalized spacial score (nSPS) is 11.6. The van der Waals surface area contributed by atoms with Crippen LogP contribution in [0.3, 0.4) is 0 Å². The van der Waals surface area contributed by atoms with Crippen LogP contribution in [-0.4, -0.2) is 30.1 Å². The Morgan fingerprint density at radius 1 is 0.724 bits per heavy atom. The van der Waals surface area contributed by atoms with Crippen LogP contribution in [0.4, 0.5) is 0 Å². The molecule has 0 amide bonds. The molecule has 0 aliphatic carbocycles. The fourth-order valence-electron chi connectivity index (χ4n) is 3.80. The van der Waals surface area contributed by atoms with E-state index in [0.717, 1.165) is 12.8 Å². The molecule has 0 bridgehead atoms. The van der Waals surface area contributed by atoms with Crippen LogP contribution < -0.4 is 5.19 Å². The molecular formula is C26H30O2Si. The molecule has 2 nitrogen and oxygen atoms in total. The number of methoxy groups -OCH3 is 1. The smallest absolute Gasteiger partial charge is 0.268 e. The average molecular weight is 403 g/mol. The lowest BCUT2D eigenvalue weighted by atomic mass is 9.78. The topological polar surface area (TPSA) is 18.5 Å². The number of rotatable bonds is 10. The van der Waals surface area contributed by atoms with Crippen molar-refractivity contribution in [1.82, 2.24) is 0 Å². The van der Waals surface area contributed by atoms with Gasteiger partial charge in [-0.2, -0.15) is 0 Å². The standard InChI is InChI=1S/C26H30O2Si/c1-21-11-10-16-25(22(21)2)29-28-20-26(19-27-3,17-23-12-6-4-7-13-23)18-24-14-8-5-9-15-24/h4-16H,17-20H2,1-3H3. The highest BCUT2D eigenvalue weighted by Crippen LogP contribution is 2.29. The van der Waals surface area contributed by atoms with Gasteiger partial charge in [-0.1, -0.05) is 78.9 Å². The molecule has 29 heavy (non-hydrogen) atoms. The molecule has 0 heterocycles. The minimum absolute atomic E-state index is 0.109. The Bertz CT molecular complexity index is 836. The summed E-state index contributed by atoms with van der Waals surface area (Å²) in [7, 11) is 2.13. The van der Waals surface area contributed by atoms with E-state index in [-0.39, 0.29) is 5.41 Å². The molecule has 3 heteroatoms. The van der Waals surface area contributed by atoms with Gasteiger partial charge in [0.15, 0.2) is 0 Å². The lowest BCUT2D eigenvalue weighted by Crippen LogP contribution is -2.38. The minimum Gasteiger partial charge on any atom is -0.411 e. The minimum atomic E-state index is -0.109. The Morgan fingerprint density at radius 3 is 1.86 bits per heavy atom. The van der Waals surface area contributed by atoms with Crippen LogP contribution in [-0.2, 0) is 22.0 Å². The van der Waals surface area contributed by atoms with Gasteiger partial charge in [0.25, 0.3) is 9.76 Å². The van der Waals surface area contributed by atoms with Crippen LogP contribution in [0.5, 0.6) is 0 Å². The number of hydrogen-bond acceptors (Lipinski definition) is 2. The lowest BCUT2D eigenvalue weighted by Gasteiger charge is -2.34. The van der Waals surface area contributed by atoms with Crippen molar-refractivity contribution in [3.05, 3.63) is 101 Å². The molecule has 0 unspecified atom stereocenters. The summed E-state index contributed by atoms with van der Waals surface area (Å²) in [5.41, 5.74) is 5.17. The van der Waals surface area contributed by atoms with Gasteiger partial charge in [-0.25, -0.2) is 0 Å². The van der Waals surface area contributed by atoms with Crippen molar-refractivity contribution in [2.45, 2.75) is 26.7 Å². The first-order valence-corrected chi connectivity index (χ1v) is 11.0. The summed E-state index contributed by atoms with van der Waals surface area (Å²) in [4.78, 5) is 0. The van der Waals surface area contributed by atoms with E-state index in [1.165, 1.54) is 27.4 Å². The number of hydrogen-bond donors (Lipinski definition) is 0. The van der Waals surface area contributed by atoms with E-state index >= 15 is 0 Å². The van der Waals surface area contributed by atoms with E-state index in [2.05, 4.69) is 92.7 Å². The molecule has 0 aromatic heterocycles. The molecule has 0 N–H and O–H groups in total. The van der Waals surface area contributed by atoms with Gasteiger partial charge in [0.05, 0.1) is 6.61 Å². The summed E-state index contributed by atoms with van der Waals surface area (Å²) in [6.07, 6.45) is 1.85. The zero-order valence-corrected chi connectivity index (χ0v) is 18.7. The molecule has 0 spiro atoms. The van der Waals surface area contributed by atoms with Crippen molar-refractivity contribution < 1.29 is 9.16 Å². The number of ether oxygens (including phenoxy) is 1. The molecule has 3 rings (SSSR count). The molecule has 2 radical (unpaired) electrons. The summed E-state index contributed by atoms with van der Waals surface area (Å²) in [5, 5.41) is 1.29. The Kier molecular flexibility index (Phi) is 7.81. The van der Waals surface area contributed by atoms with Crippen LogP contribution in [0.1, 0.15) is 22.3 Å². The average Bonchev–Trinajstić information content (AvgIpc) is 2.73. The van der Waals surface area contributed by atoms with Crippen molar-refractivity contribution in [2.75, 3.05) is 20.3 Å². The zero-order chi connectivity index (χ0) is 20.5. The fourth-order valence-corrected chi connectivity index (χ4v) is 4.85. The van der Waals surface area contributed by atoms with Crippen LogP contribution in [0.2, 0.25) is 0 Å². The maximum atomic E-state index is 6.37. The van der Waals surface area contributed by atoms with Crippen molar-refractivity contribution in [2.24, 2.45) is 5.41 Å². The second kappa shape index (κ2) is 10.5. The van der Waals surface area contributed by atoms with Crippen molar-refractivity contribution in [3.63, 3.8) is 0 Å². The van der Waals surface area contributed by atoms with E-state index in [0.29, 0.717) is 23.0 Å². The molecule has 0 saturated heterocycles. The monoisotopic (exact) mass is 402 g/mol. The number of aryl methyl sites for hydroxylation is 1. The maximum Gasteiger partial charge on any atom is 0.268 e. The molecule has 0 aliphatic rings. The van der Waals surface area contributed by atoms with Gasteiger partial charge >= 0.3 is 0 Å². The van der Waals surface area contributed by atoms with Gasteiger partial charge in [0, 0.05) is 19.1 Å². The highest BCUT2D eigenvalue weighted by Gasteiger charge is 2.31. The highest BCUT2D eigenvalue weighted by atomic mass is 28.2. The second-order valence-electron chi connectivity index (χ2n) is 7.90. The van der Waals surface area contributed by atoms with E-state index in [9.17, 15) is 0 Å². The first kappa shape index (κ1) is 21.5. The van der Waals surface area contributed by atoms with Crippen LogP contribution in [0, 0.1) is 19.3 Å². The third-order valence-electron chi connectivity index (χ3n) is 5.46. The lowest BCUT2D eigenvalue weighted by molar-refractivity contribution is 0.0398. The summed E-state index contributed by atoms with van der Waals surface area (Å²) in [6.45, 7) is 5.66. The first-order chi connectivity index (χ1) is 14.1. The van der Waals surface area contributed by atoms with Crippen LogP contribution >= 0.6 is 0 Å². The van der Waals surface area contributed by atoms with Gasteiger partial charge in [0.2, 0.25) is 0 Å². The number of benzene rings is 3. The molecular weight excluding hydrogens is 372 g/mol. The van der Waals surface area contributed by atoms with Crippen LogP contribution in [0.15, 0.2) is 78.9 Å². The van der Waals surface area contributed by atoms with E-state index in [1.54, 1.807) is 7.11 Å². The molecule has 150 valence electrons. The largest absolute Gasteiger partial charge is 0.411 e. The van der Waals surface area contributed by atoms with Crippen molar-refractivity contribution in [3.8, 4) is 0 Å². The van der Waals surface area contributed by atoms with E-state index < -0.39 is 0 Å². The van der Waals surface area contributed by atoms with E-state index in [1.807, 2.05) is 0 Å². The zero-order valence-electron chi connectivity index (χ0n) is 17.7. The van der Waals surface area contributed by atoms with Crippen molar-refractivity contribution >= 4 is 14.9 Å². The Balaban J connectivity index is 1.80. The van der Waals surface area contributed by atoms with Gasteiger partial charge < -0.3 is 9.16 Å². The van der Waals surface area contributed by atoms with Gasteiger partial charge in [-0.3, -0.25) is 0 Å². The SMILES string of the molecule is COCC(CO[Si]c1cccc(C)c1C)(Cc1ccccc1)Cc1ccccc1. The Labute approximate surface area is 177 Å². The van der Waals surface area contributed by atoms with Crippen LogP contribution in [0.25, 0.3) is 0 Å². The van der Waals surface area contributed by atoms with Crippen molar-refractivity contribution in [1.29, 1.82) is 0 Å². The van der Waals surface area contributed by atoms with E-state index in [4.69, 9.17) is 9.16 Å². The second-order valence-corrected chi connectivity index (χ2v) is 8.93. The molecule has 0 saturated carbocycles. The third-order valence-corrected chi connectivity index (χ3v) is 6.51. The maximum absolute atomic E-state index is 6.37. The Hall–Kier alpha value is -2.20. The predicted octanol–water partition coefficient (Wildman–Crippen LogP) is 4.68. The molecule has 3 aromatic carbocycles. The first-order valence-electron chi connectivity index (χ1n) is 10.1. The van der Waals surface area contributed by atoms with Gasteiger partial charge in [0.1, 0.15) is 0 Å². The molecule has 3 aromatic rings. The highest BCUT2D eigenvalue weighted by molar-refractivity contribution is 6.47. The summed E-state index contributed by atoms with van der Waals surface area (Å²) < 4.78 is 12.1. The molecule has 0 atom stereocenters. The molecule has 0 fully saturated rings. The summed E-state index contributed by atoms with van der Waals surface area (Å²) in [5.74, 6) is 0. The van der Waals surface area contributed by atoms with Gasteiger partial charge in [-0.05, 0) is 54.1 Å². The molecule has 0 aliphatic heterocycles. The predicted molar refractivity (Wildman–Crippen MR) is 122 cm³/mol. The third kappa shape index (κ3) is 6.14. The summed E-state index contributed by atoms with van der Waals surface area (Å²) in [6, 6.07) is 27.8. The van der Waals surface area contributed by atoms with Gasteiger partial charge in [-0.15, -0.1) is 0 Å². The summed E-state index contributed by atoms with van der Waals surface area (Å²) >= 11 is 0.